The molecule has 7 heteroatoms. The van der Waals surface area contributed by atoms with Gasteiger partial charge in [0.05, 0.1) is 6.10 Å². The van der Waals surface area contributed by atoms with E-state index in [-0.39, 0.29) is 6.09 Å². The summed E-state index contributed by atoms with van der Waals surface area (Å²) in [5.41, 5.74) is 5.63. The van der Waals surface area contributed by atoms with Gasteiger partial charge in [-0.15, -0.1) is 0 Å². The van der Waals surface area contributed by atoms with Crippen LogP contribution in [-0.4, -0.2) is 72.9 Å². The van der Waals surface area contributed by atoms with Gasteiger partial charge in [-0.2, -0.15) is 0 Å². The van der Waals surface area contributed by atoms with Crippen LogP contribution in [0.5, 0.6) is 0 Å². The second-order valence-electron chi connectivity index (χ2n) is 8.18. The van der Waals surface area contributed by atoms with E-state index in [4.69, 9.17) is 15.2 Å². The van der Waals surface area contributed by atoms with Crippen LogP contribution < -0.4 is 5.73 Å². The predicted molar refractivity (Wildman–Crippen MR) is 103 cm³/mol. The summed E-state index contributed by atoms with van der Waals surface area (Å²) in [6.07, 6.45) is 7.44. The number of nitrogens with zero attached hydrogens (tertiary/aromatic N) is 3. The number of hydrogen-bond acceptors (Lipinski definition) is 4. The second-order valence-corrected chi connectivity index (χ2v) is 8.18. The van der Waals surface area contributed by atoms with Gasteiger partial charge in [0.2, 0.25) is 0 Å². The highest BCUT2D eigenvalue weighted by Crippen LogP contribution is 2.20. The molecule has 0 aromatic carbocycles. The highest BCUT2D eigenvalue weighted by Gasteiger charge is 2.26. The molecule has 2 N–H and O–H groups in total. The molecule has 0 spiro atoms. The first-order chi connectivity index (χ1) is 12.3. The zero-order valence-electron chi connectivity index (χ0n) is 16.7. The van der Waals surface area contributed by atoms with Crippen LogP contribution in [-0.2, 0) is 9.47 Å². The number of carbonyl (C=O) groups excluding carboxylic acids is 1. The fourth-order valence-electron chi connectivity index (χ4n) is 3.28. The molecule has 7 nitrogen and oxygen atoms in total. The molecule has 150 valence electrons. The molecule has 0 atom stereocenters. The fourth-order valence-corrected chi connectivity index (χ4v) is 3.28. The van der Waals surface area contributed by atoms with E-state index in [1.807, 2.05) is 25.7 Å². The smallest absolute Gasteiger partial charge is 0.410 e. The van der Waals surface area contributed by atoms with E-state index in [2.05, 4.69) is 4.99 Å². The lowest BCUT2D eigenvalue weighted by Gasteiger charge is -2.36. The SMILES string of the molecule is CC(C)(C)OC(=O)N1CCN(C(N)=NCCCOC2CCCCC2)CC1. The number of carbonyl (C=O) groups is 1. The van der Waals surface area contributed by atoms with Crippen LogP contribution in [0.4, 0.5) is 4.79 Å². The van der Waals surface area contributed by atoms with Gasteiger partial charge in [0.1, 0.15) is 5.60 Å². The van der Waals surface area contributed by atoms with Crippen molar-refractivity contribution >= 4 is 12.1 Å². The van der Waals surface area contributed by atoms with Crippen LogP contribution in [0, 0.1) is 0 Å². The minimum atomic E-state index is -0.464. The molecule has 1 aliphatic carbocycles. The first kappa shape index (κ1) is 20.8. The number of guanidine groups is 1. The molecule has 2 fully saturated rings. The Balaban J connectivity index is 1.61. The van der Waals surface area contributed by atoms with Crippen molar-refractivity contribution in [2.24, 2.45) is 10.7 Å². The zero-order chi connectivity index (χ0) is 19.0. The van der Waals surface area contributed by atoms with E-state index in [0.717, 1.165) is 13.0 Å². The van der Waals surface area contributed by atoms with Crippen molar-refractivity contribution in [2.75, 3.05) is 39.3 Å². The molecule has 1 saturated heterocycles. The van der Waals surface area contributed by atoms with E-state index < -0.39 is 5.60 Å². The minimum Gasteiger partial charge on any atom is -0.444 e. The van der Waals surface area contributed by atoms with Crippen molar-refractivity contribution in [3.63, 3.8) is 0 Å². The Morgan fingerprint density at radius 1 is 1.08 bits per heavy atom. The third kappa shape index (κ3) is 7.40. The van der Waals surface area contributed by atoms with Gasteiger partial charge in [-0.05, 0) is 40.0 Å². The lowest BCUT2D eigenvalue weighted by molar-refractivity contribution is 0.0185. The maximum Gasteiger partial charge on any atom is 0.410 e. The average Bonchev–Trinajstić information content (AvgIpc) is 2.61. The van der Waals surface area contributed by atoms with Crippen LogP contribution >= 0.6 is 0 Å². The fraction of sp³-hybridized carbons (Fsp3) is 0.895. The van der Waals surface area contributed by atoms with Crippen molar-refractivity contribution in [1.82, 2.24) is 9.80 Å². The van der Waals surface area contributed by atoms with E-state index in [1.165, 1.54) is 32.1 Å². The summed E-state index contributed by atoms with van der Waals surface area (Å²) in [6, 6.07) is 0. The van der Waals surface area contributed by atoms with Gasteiger partial charge in [0, 0.05) is 39.3 Å². The summed E-state index contributed by atoms with van der Waals surface area (Å²) in [5.74, 6) is 0.562. The molecule has 1 aliphatic heterocycles. The van der Waals surface area contributed by atoms with Crippen molar-refractivity contribution in [2.45, 2.75) is 71.0 Å². The van der Waals surface area contributed by atoms with Crippen molar-refractivity contribution in [3.05, 3.63) is 0 Å². The standard InChI is InChI=1S/C19H36N4O3/c1-19(2,3)26-18(24)23-13-11-22(12-14-23)17(20)21-10-7-15-25-16-8-5-4-6-9-16/h16H,4-15H2,1-3H3,(H2,20,21). The van der Waals surface area contributed by atoms with Crippen LogP contribution in [0.15, 0.2) is 4.99 Å². The van der Waals surface area contributed by atoms with E-state index in [9.17, 15) is 4.79 Å². The normalized spacial score (nSPS) is 20.3. The second kappa shape index (κ2) is 10.00. The van der Waals surface area contributed by atoms with Crippen LogP contribution in [0.2, 0.25) is 0 Å². The maximum absolute atomic E-state index is 12.1. The Kier molecular flexibility index (Phi) is 8.00. The van der Waals surface area contributed by atoms with E-state index in [0.29, 0.717) is 44.8 Å². The van der Waals surface area contributed by atoms with E-state index >= 15 is 0 Å². The number of rotatable bonds is 5. The molecule has 26 heavy (non-hydrogen) atoms. The maximum atomic E-state index is 12.1. The van der Waals surface area contributed by atoms with Gasteiger partial charge in [0.15, 0.2) is 5.96 Å². The molecule has 0 unspecified atom stereocenters. The quantitative estimate of drug-likeness (QED) is 0.458. The molecule has 1 heterocycles. The Morgan fingerprint density at radius 2 is 1.69 bits per heavy atom. The molecule has 0 bridgehead atoms. The first-order valence-corrected chi connectivity index (χ1v) is 9.99. The molecular formula is C19H36N4O3. The van der Waals surface area contributed by atoms with Gasteiger partial charge in [-0.1, -0.05) is 19.3 Å². The van der Waals surface area contributed by atoms with Crippen molar-refractivity contribution in [1.29, 1.82) is 0 Å². The third-order valence-electron chi connectivity index (χ3n) is 4.74. The average molecular weight is 369 g/mol. The summed E-state index contributed by atoms with van der Waals surface area (Å²) >= 11 is 0. The third-order valence-corrected chi connectivity index (χ3v) is 4.74. The summed E-state index contributed by atoms with van der Waals surface area (Å²) in [4.78, 5) is 20.3. The van der Waals surface area contributed by atoms with Crippen LogP contribution in [0.3, 0.4) is 0 Å². The molecule has 2 rings (SSSR count). The van der Waals surface area contributed by atoms with E-state index in [1.54, 1.807) is 4.90 Å². The Labute approximate surface area is 157 Å². The number of aliphatic imine (C=N–C) groups is 1. The number of ether oxygens (including phenoxy) is 2. The first-order valence-electron chi connectivity index (χ1n) is 9.99. The number of amides is 1. The lowest BCUT2D eigenvalue weighted by atomic mass is 9.98. The Hall–Kier alpha value is -1.50. The van der Waals surface area contributed by atoms with Gasteiger partial charge in [-0.25, -0.2) is 4.79 Å². The highest BCUT2D eigenvalue weighted by molar-refractivity contribution is 5.78. The summed E-state index contributed by atoms with van der Waals surface area (Å²) < 4.78 is 11.3. The largest absolute Gasteiger partial charge is 0.444 e. The summed E-state index contributed by atoms with van der Waals surface area (Å²) in [5, 5.41) is 0. The molecule has 0 aromatic heterocycles. The minimum absolute atomic E-state index is 0.257. The molecule has 0 aromatic rings. The van der Waals surface area contributed by atoms with Gasteiger partial charge in [-0.3, -0.25) is 4.99 Å². The van der Waals surface area contributed by atoms with Crippen molar-refractivity contribution in [3.8, 4) is 0 Å². The molecule has 0 radical (unpaired) electrons. The van der Waals surface area contributed by atoms with Gasteiger partial charge in [0.25, 0.3) is 0 Å². The summed E-state index contributed by atoms with van der Waals surface area (Å²) in [6.45, 7) is 9.67. The van der Waals surface area contributed by atoms with Crippen molar-refractivity contribution < 1.29 is 14.3 Å². The lowest BCUT2D eigenvalue weighted by Crippen LogP contribution is -2.53. The monoisotopic (exact) mass is 368 g/mol. The summed E-state index contributed by atoms with van der Waals surface area (Å²) in [7, 11) is 0. The highest BCUT2D eigenvalue weighted by atomic mass is 16.6. The number of piperazine rings is 1. The predicted octanol–water partition coefficient (Wildman–Crippen LogP) is 2.59. The Bertz CT molecular complexity index is 462. The number of nitrogens with two attached hydrogens (primary N) is 1. The molecule has 2 aliphatic rings. The molecule has 1 saturated carbocycles. The Morgan fingerprint density at radius 3 is 2.31 bits per heavy atom. The van der Waals surface area contributed by atoms with Gasteiger partial charge >= 0.3 is 6.09 Å². The molecular weight excluding hydrogens is 332 g/mol. The zero-order valence-corrected chi connectivity index (χ0v) is 16.7. The van der Waals surface area contributed by atoms with Crippen LogP contribution in [0.1, 0.15) is 59.3 Å². The topological polar surface area (TPSA) is 80.4 Å². The molecule has 1 amide bonds. The number of hydrogen-bond donors (Lipinski definition) is 1. The van der Waals surface area contributed by atoms with Gasteiger partial charge < -0.3 is 25.0 Å². The van der Waals surface area contributed by atoms with Crippen LogP contribution in [0.25, 0.3) is 0 Å².